The number of nitrogens with zero attached hydrogens (tertiary/aromatic N) is 5. The Balaban J connectivity index is 1.40. The number of nitrogens with one attached hydrogen (secondary N) is 1. The number of pyridine rings is 1. The Labute approximate surface area is 182 Å². The van der Waals surface area contributed by atoms with Crippen molar-refractivity contribution in [2.24, 2.45) is 0 Å². The molecule has 1 amide bonds. The number of aromatic nitrogens is 5. The fourth-order valence-electron chi connectivity index (χ4n) is 3.37. The van der Waals surface area contributed by atoms with Crippen LogP contribution in [-0.2, 0) is 11.2 Å². The fourth-order valence-corrected chi connectivity index (χ4v) is 3.37. The molecule has 0 atom stereocenters. The average Bonchev–Trinajstić information content (AvgIpc) is 3.25. The molecule has 156 valence electrons. The molecule has 8 heteroatoms. The van der Waals surface area contributed by atoms with Crippen molar-refractivity contribution >= 4 is 17.2 Å². The fraction of sp³-hybridized carbons (Fsp3) is 0.0417. The molecule has 0 saturated carbocycles. The SMILES string of the molecule is O=C(Cc1ccc(F)cc1)Nc1cccc(-c2ccc3nnc(-c4ccncc4)n3n2)c1. The summed E-state index contributed by atoms with van der Waals surface area (Å²) in [5.41, 5.74) is 4.42. The summed E-state index contributed by atoms with van der Waals surface area (Å²) in [7, 11) is 0. The van der Waals surface area contributed by atoms with Gasteiger partial charge in [-0.15, -0.1) is 10.2 Å². The number of carbonyl (C=O) groups excluding carboxylic acids is 1. The lowest BCUT2D eigenvalue weighted by atomic mass is 10.1. The smallest absolute Gasteiger partial charge is 0.228 e. The summed E-state index contributed by atoms with van der Waals surface area (Å²) >= 11 is 0. The minimum Gasteiger partial charge on any atom is -0.326 e. The summed E-state index contributed by atoms with van der Waals surface area (Å²) in [5, 5.41) is 16.0. The first-order chi connectivity index (χ1) is 15.7. The van der Waals surface area contributed by atoms with Crippen molar-refractivity contribution in [3.8, 4) is 22.6 Å². The van der Waals surface area contributed by atoms with Crippen molar-refractivity contribution in [2.75, 3.05) is 5.32 Å². The number of anilines is 1. The van der Waals surface area contributed by atoms with Gasteiger partial charge in [-0.25, -0.2) is 4.39 Å². The zero-order chi connectivity index (χ0) is 21.9. The molecule has 5 rings (SSSR count). The van der Waals surface area contributed by atoms with Gasteiger partial charge in [-0.3, -0.25) is 9.78 Å². The van der Waals surface area contributed by atoms with E-state index in [1.165, 1.54) is 12.1 Å². The second kappa shape index (κ2) is 8.35. The second-order valence-corrected chi connectivity index (χ2v) is 7.18. The molecule has 3 aromatic heterocycles. The van der Waals surface area contributed by atoms with E-state index in [0.29, 0.717) is 22.9 Å². The highest BCUT2D eigenvalue weighted by Gasteiger charge is 2.11. The highest BCUT2D eigenvalue weighted by Crippen LogP contribution is 2.23. The maximum absolute atomic E-state index is 13.1. The van der Waals surface area contributed by atoms with E-state index >= 15 is 0 Å². The van der Waals surface area contributed by atoms with Crippen molar-refractivity contribution in [3.63, 3.8) is 0 Å². The Morgan fingerprint density at radius 1 is 0.906 bits per heavy atom. The molecule has 7 nitrogen and oxygen atoms in total. The third-order valence-corrected chi connectivity index (χ3v) is 4.92. The summed E-state index contributed by atoms with van der Waals surface area (Å²) in [6.07, 6.45) is 3.54. The number of fused-ring (bicyclic) bond motifs is 1. The number of benzene rings is 2. The molecule has 0 radical (unpaired) electrons. The molecule has 0 aliphatic heterocycles. The Morgan fingerprint density at radius 3 is 2.53 bits per heavy atom. The molecule has 0 saturated heterocycles. The van der Waals surface area contributed by atoms with Crippen molar-refractivity contribution in [1.82, 2.24) is 24.8 Å². The van der Waals surface area contributed by atoms with Gasteiger partial charge in [-0.1, -0.05) is 24.3 Å². The third kappa shape index (κ3) is 4.06. The molecule has 3 heterocycles. The molecule has 0 aliphatic carbocycles. The lowest BCUT2D eigenvalue weighted by Gasteiger charge is -2.08. The minimum absolute atomic E-state index is 0.157. The van der Waals surface area contributed by atoms with Crippen LogP contribution in [0.15, 0.2) is 85.2 Å². The van der Waals surface area contributed by atoms with Crippen molar-refractivity contribution in [1.29, 1.82) is 0 Å². The zero-order valence-corrected chi connectivity index (χ0v) is 16.8. The predicted molar refractivity (Wildman–Crippen MR) is 118 cm³/mol. The van der Waals surface area contributed by atoms with Gasteiger partial charge in [0.2, 0.25) is 5.91 Å². The highest BCUT2D eigenvalue weighted by molar-refractivity contribution is 5.92. The van der Waals surface area contributed by atoms with Crippen molar-refractivity contribution in [3.05, 3.63) is 96.6 Å². The van der Waals surface area contributed by atoms with Gasteiger partial charge in [0.25, 0.3) is 0 Å². The van der Waals surface area contributed by atoms with Crippen LogP contribution in [0.3, 0.4) is 0 Å². The van der Waals surface area contributed by atoms with Gasteiger partial charge >= 0.3 is 0 Å². The topological polar surface area (TPSA) is 85.1 Å². The van der Waals surface area contributed by atoms with E-state index in [2.05, 4.69) is 20.5 Å². The third-order valence-electron chi connectivity index (χ3n) is 4.92. The van der Waals surface area contributed by atoms with E-state index in [1.807, 2.05) is 48.5 Å². The van der Waals surface area contributed by atoms with E-state index in [0.717, 1.165) is 16.7 Å². The molecular weight excluding hydrogens is 407 g/mol. The highest BCUT2D eigenvalue weighted by atomic mass is 19.1. The Hall–Kier alpha value is -4.46. The van der Waals surface area contributed by atoms with Gasteiger partial charge in [0.1, 0.15) is 5.82 Å². The molecule has 0 aliphatic rings. The van der Waals surface area contributed by atoms with E-state index in [1.54, 1.807) is 29.0 Å². The summed E-state index contributed by atoms with van der Waals surface area (Å²) in [4.78, 5) is 16.4. The molecule has 0 spiro atoms. The number of hydrogen-bond acceptors (Lipinski definition) is 5. The molecule has 5 aromatic rings. The lowest BCUT2D eigenvalue weighted by molar-refractivity contribution is -0.115. The van der Waals surface area contributed by atoms with Crippen LogP contribution in [0, 0.1) is 5.82 Å². The summed E-state index contributed by atoms with van der Waals surface area (Å²) in [6.45, 7) is 0. The van der Waals surface area contributed by atoms with E-state index in [9.17, 15) is 9.18 Å². The molecule has 0 bridgehead atoms. The van der Waals surface area contributed by atoms with Gasteiger partial charge in [0.05, 0.1) is 12.1 Å². The van der Waals surface area contributed by atoms with E-state index in [-0.39, 0.29) is 18.1 Å². The summed E-state index contributed by atoms with van der Waals surface area (Å²) in [6, 6.07) is 20.7. The predicted octanol–water partition coefficient (Wildman–Crippen LogP) is 4.17. The van der Waals surface area contributed by atoms with Crippen LogP contribution in [-0.4, -0.2) is 30.7 Å². The molecule has 2 aromatic carbocycles. The standard InChI is InChI=1S/C24H17FN6O/c25-19-6-4-16(5-7-19)14-23(32)27-20-3-1-2-18(15-20)21-8-9-22-28-29-24(31(22)30-21)17-10-12-26-13-11-17/h1-13,15H,14H2,(H,27,32). The molecule has 0 unspecified atom stereocenters. The number of amides is 1. The molecule has 32 heavy (non-hydrogen) atoms. The van der Waals surface area contributed by atoms with Crippen molar-refractivity contribution in [2.45, 2.75) is 6.42 Å². The van der Waals surface area contributed by atoms with Gasteiger partial charge < -0.3 is 5.32 Å². The summed E-state index contributed by atoms with van der Waals surface area (Å²) < 4.78 is 14.7. The van der Waals surface area contributed by atoms with Crippen LogP contribution in [0.25, 0.3) is 28.3 Å². The van der Waals surface area contributed by atoms with Crippen molar-refractivity contribution < 1.29 is 9.18 Å². The minimum atomic E-state index is -0.327. The van der Waals surface area contributed by atoms with Gasteiger partial charge in [-0.2, -0.15) is 9.61 Å². The summed E-state index contributed by atoms with van der Waals surface area (Å²) in [5.74, 6) is 0.107. The first-order valence-corrected chi connectivity index (χ1v) is 9.93. The zero-order valence-electron chi connectivity index (χ0n) is 16.8. The van der Waals surface area contributed by atoms with Crippen LogP contribution in [0.1, 0.15) is 5.56 Å². The maximum Gasteiger partial charge on any atom is 0.228 e. The first kappa shape index (κ1) is 19.5. The van der Waals surface area contributed by atoms with E-state index < -0.39 is 0 Å². The van der Waals surface area contributed by atoms with Crippen LogP contribution in [0.2, 0.25) is 0 Å². The first-order valence-electron chi connectivity index (χ1n) is 9.93. The number of halogens is 1. The number of hydrogen-bond donors (Lipinski definition) is 1. The van der Waals surface area contributed by atoms with Gasteiger partial charge in [0.15, 0.2) is 11.5 Å². The molecule has 0 fully saturated rings. The van der Waals surface area contributed by atoms with Gasteiger partial charge in [-0.05, 0) is 54.1 Å². The van der Waals surface area contributed by atoms with Crippen LogP contribution >= 0.6 is 0 Å². The monoisotopic (exact) mass is 424 g/mol. The average molecular weight is 424 g/mol. The Morgan fingerprint density at radius 2 is 1.72 bits per heavy atom. The van der Waals surface area contributed by atoms with Crippen LogP contribution in [0.4, 0.5) is 10.1 Å². The van der Waals surface area contributed by atoms with Crippen LogP contribution in [0.5, 0.6) is 0 Å². The van der Waals surface area contributed by atoms with E-state index in [4.69, 9.17) is 5.10 Å². The van der Waals surface area contributed by atoms with Gasteiger partial charge in [0, 0.05) is 29.2 Å². The molecular formula is C24H17FN6O. The largest absolute Gasteiger partial charge is 0.326 e. The van der Waals surface area contributed by atoms with Crippen LogP contribution < -0.4 is 5.32 Å². The quantitative estimate of drug-likeness (QED) is 0.458. The maximum atomic E-state index is 13.1. The Bertz CT molecular complexity index is 1400. The normalized spacial score (nSPS) is 10.9. The Kier molecular flexibility index (Phi) is 5.09. The molecule has 1 N–H and O–H groups in total. The number of rotatable bonds is 5. The number of carbonyl (C=O) groups is 1. The second-order valence-electron chi connectivity index (χ2n) is 7.18. The lowest BCUT2D eigenvalue weighted by Crippen LogP contribution is -2.14.